The molecule has 3 atom stereocenters. The van der Waals surface area contributed by atoms with Gasteiger partial charge in [0.25, 0.3) is 0 Å². The minimum Gasteiger partial charge on any atom is -0.462 e. The van der Waals surface area contributed by atoms with Gasteiger partial charge in [-0.3, -0.25) is 14.4 Å². The number of nitrogens with one attached hydrogen (secondary N) is 1. The van der Waals surface area contributed by atoms with Gasteiger partial charge in [-0.1, -0.05) is 35.9 Å². The molecule has 2 heterocycles. The molecule has 162 valence electrons. The van der Waals surface area contributed by atoms with Crippen LogP contribution in [0.2, 0.25) is 5.02 Å². The van der Waals surface area contributed by atoms with Crippen molar-refractivity contribution in [3.8, 4) is 0 Å². The third-order valence-corrected chi connectivity index (χ3v) is 5.79. The molecule has 0 aromatic heterocycles. The van der Waals surface area contributed by atoms with Gasteiger partial charge in [-0.15, -0.1) is 0 Å². The lowest BCUT2D eigenvalue weighted by atomic mass is 9.97. The Balaban J connectivity index is 1.65. The summed E-state index contributed by atoms with van der Waals surface area (Å²) >= 11 is 5.88. The molecular formula is C22H28ClN3O4. The van der Waals surface area contributed by atoms with E-state index in [0.717, 1.165) is 18.4 Å². The Labute approximate surface area is 181 Å². The lowest BCUT2D eigenvalue weighted by Gasteiger charge is -2.29. The van der Waals surface area contributed by atoms with Gasteiger partial charge in [-0.2, -0.15) is 0 Å². The molecule has 2 aliphatic rings. The van der Waals surface area contributed by atoms with Gasteiger partial charge in [0.05, 0.1) is 12.0 Å². The molecule has 1 aromatic carbocycles. The van der Waals surface area contributed by atoms with E-state index in [1.54, 1.807) is 23.1 Å². The fourth-order valence-corrected chi connectivity index (χ4v) is 3.91. The largest absolute Gasteiger partial charge is 0.462 e. The van der Waals surface area contributed by atoms with Crippen molar-refractivity contribution >= 4 is 29.4 Å². The third-order valence-electron chi connectivity index (χ3n) is 5.54. The minimum atomic E-state index is -0.715. The van der Waals surface area contributed by atoms with E-state index in [2.05, 4.69) is 5.32 Å². The normalized spacial score (nSPS) is 26.2. The maximum absolute atomic E-state index is 13.2. The number of fused-ring (bicyclic) bond motifs is 1. The number of allylic oxidation sites excluding steroid dienone is 1. The SMILES string of the molecule is N[C@H]1C/C=C/C[C@@H](CC(=O)NCc2ccc(Cl)cc2)C(=O)N2CCC[C@H]2COC1=O. The molecule has 0 radical (unpaired) electrons. The molecule has 0 aliphatic carbocycles. The quantitative estimate of drug-likeness (QED) is 0.559. The number of rotatable bonds is 4. The van der Waals surface area contributed by atoms with Crippen LogP contribution in [-0.2, 0) is 25.7 Å². The maximum Gasteiger partial charge on any atom is 0.323 e. The van der Waals surface area contributed by atoms with Crippen molar-refractivity contribution in [2.75, 3.05) is 13.2 Å². The summed E-state index contributed by atoms with van der Waals surface area (Å²) < 4.78 is 5.32. The standard InChI is InChI=1S/C22H28ClN3O4/c23-17-9-7-15(8-10-17)13-25-20(27)12-16-4-1-2-6-19(24)22(29)30-14-18-5-3-11-26(18)21(16)28/h1-2,7-10,16,18-19H,3-6,11-14,24H2,(H,25,27)/b2-1+/t16-,18-,19-/m0/s1. The van der Waals surface area contributed by atoms with E-state index in [1.807, 2.05) is 18.2 Å². The summed E-state index contributed by atoms with van der Waals surface area (Å²) in [5.74, 6) is -1.15. The van der Waals surface area contributed by atoms with Crippen molar-refractivity contribution in [2.24, 2.45) is 11.7 Å². The zero-order valence-electron chi connectivity index (χ0n) is 16.9. The summed E-state index contributed by atoms with van der Waals surface area (Å²) in [5.41, 5.74) is 6.80. The number of esters is 1. The first kappa shape index (κ1) is 22.3. The molecular weight excluding hydrogens is 406 g/mol. The molecule has 0 bridgehead atoms. The lowest BCUT2D eigenvalue weighted by molar-refractivity contribution is -0.149. The number of benzene rings is 1. The van der Waals surface area contributed by atoms with Gasteiger partial charge in [-0.25, -0.2) is 0 Å². The van der Waals surface area contributed by atoms with Gasteiger partial charge in [0.15, 0.2) is 0 Å². The van der Waals surface area contributed by atoms with Gasteiger partial charge in [0, 0.05) is 24.5 Å². The van der Waals surface area contributed by atoms with Gasteiger partial charge in [0.1, 0.15) is 12.6 Å². The molecule has 0 saturated carbocycles. The molecule has 0 spiro atoms. The van der Waals surface area contributed by atoms with Crippen LogP contribution in [0.3, 0.4) is 0 Å². The number of hydrogen-bond donors (Lipinski definition) is 2. The van der Waals surface area contributed by atoms with Gasteiger partial charge >= 0.3 is 5.97 Å². The maximum atomic E-state index is 13.2. The number of hydrogen-bond acceptors (Lipinski definition) is 5. The highest BCUT2D eigenvalue weighted by Gasteiger charge is 2.34. The Morgan fingerprint density at radius 3 is 2.70 bits per heavy atom. The Morgan fingerprint density at radius 2 is 1.93 bits per heavy atom. The highest BCUT2D eigenvalue weighted by Crippen LogP contribution is 2.24. The van der Waals surface area contributed by atoms with Crippen molar-refractivity contribution in [2.45, 2.75) is 50.7 Å². The molecule has 7 nitrogen and oxygen atoms in total. The fourth-order valence-electron chi connectivity index (χ4n) is 3.79. The Hall–Kier alpha value is -2.38. The Morgan fingerprint density at radius 1 is 1.20 bits per heavy atom. The van der Waals surface area contributed by atoms with Crippen LogP contribution in [0.5, 0.6) is 0 Å². The highest BCUT2D eigenvalue weighted by molar-refractivity contribution is 6.30. The van der Waals surface area contributed by atoms with E-state index < -0.39 is 17.9 Å². The number of cyclic esters (lactones) is 1. The van der Waals surface area contributed by atoms with Crippen LogP contribution in [-0.4, -0.2) is 47.9 Å². The van der Waals surface area contributed by atoms with Crippen LogP contribution in [0.1, 0.15) is 37.7 Å². The monoisotopic (exact) mass is 433 g/mol. The number of carbonyl (C=O) groups excluding carboxylic acids is 3. The van der Waals surface area contributed by atoms with Crippen LogP contribution < -0.4 is 11.1 Å². The van der Waals surface area contributed by atoms with E-state index in [4.69, 9.17) is 22.1 Å². The second-order valence-corrected chi connectivity index (χ2v) is 8.25. The second kappa shape index (κ2) is 10.6. The average Bonchev–Trinajstić information content (AvgIpc) is 3.21. The summed E-state index contributed by atoms with van der Waals surface area (Å²) in [6.07, 6.45) is 6.11. The summed E-state index contributed by atoms with van der Waals surface area (Å²) in [7, 11) is 0. The summed E-state index contributed by atoms with van der Waals surface area (Å²) in [5, 5.41) is 3.52. The van der Waals surface area contributed by atoms with Gasteiger partial charge in [-0.05, 0) is 43.4 Å². The summed E-state index contributed by atoms with van der Waals surface area (Å²) in [6, 6.07) is 6.38. The molecule has 3 rings (SSSR count). The third kappa shape index (κ3) is 6.06. The van der Waals surface area contributed by atoms with Crippen LogP contribution in [0, 0.1) is 5.92 Å². The predicted octanol–water partition coefficient (Wildman–Crippen LogP) is 2.17. The topological polar surface area (TPSA) is 102 Å². The molecule has 3 N–H and O–H groups in total. The van der Waals surface area contributed by atoms with Gasteiger partial charge in [0.2, 0.25) is 11.8 Å². The zero-order valence-corrected chi connectivity index (χ0v) is 17.6. The van der Waals surface area contributed by atoms with Crippen molar-refractivity contribution in [3.05, 3.63) is 47.0 Å². The van der Waals surface area contributed by atoms with Crippen molar-refractivity contribution in [1.29, 1.82) is 0 Å². The van der Waals surface area contributed by atoms with E-state index >= 15 is 0 Å². The van der Waals surface area contributed by atoms with Crippen LogP contribution in [0.25, 0.3) is 0 Å². The average molecular weight is 434 g/mol. The van der Waals surface area contributed by atoms with Crippen molar-refractivity contribution in [1.82, 2.24) is 10.2 Å². The van der Waals surface area contributed by atoms with E-state index in [9.17, 15) is 14.4 Å². The van der Waals surface area contributed by atoms with E-state index in [-0.39, 0.29) is 30.9 Å². The van der Waals surface area contributed by atoms with Gasteiger partial charge < -0.3 is 20.7 Å². The fraction of sp³-hybridized carbons (Fsp3) is 0.500. The first-order valence-electron chi connectivity index (χ1n) is 10.3. The van der Waals surface area contributed by atoms with Crippen LogP contribution in [0.15, 0.2) is 36.4 Å². The first-order chi connectivity index (χ1) is 14.4. The number of halogens is 1. The molecule has 2 amide bonds. The van der Waals surface area contributed by atoms with Crippen LogP contribution >= 0.6 is 11.6 Å². The predicted molar refractivity (Wildman–Crippen MR) is 113 cm³/mol. The second-order valence-electron chi connectivity index (χ2n) is 7.81. The summed E-state index contributed by atoms with van der Waals surface area (Å²) in [4.78, 5) is 39.4. The zero-order chi connectivity index (χ0) is 21.5. The first-order valence-corrected chi connectivity index (χ1v) is 10.7. The van der Waals surface area contributed by atoms with E-state index in [1.165, 1.54) is 0 Å². The Bertz CT molecular complexity index is 796. The number of amides is 2. The molecule has 0 unspecified atom stereocenters. The molecule has 30 heavy (non-hydrogen) atoms. The van der Waals surface area contributed by atoms with Crippen molar-refractivity contribution < 1.29 is 19.1 Å². The summed E-state index contributed by atoms with van der Waals surface area (Å²) in [6.45, 7) is 1.14. The number of nitrogens with zero attached hydrogens (tertiary/aromatic N) is 1. The molecule has 2 aliphatic heterocycles. The van der Waals surface area contributed by atoms with E-state index in [0.29, 0.717) is 31.0 Å². The molecule has 8 heteroatoms. The highest BCUT2D eigenvalue weighted by atomic mass is 35.5. The molecule has 1 aromatic rings. The number of carbonyl (C=O) groups is 3. The minimum absolute atomic E-state index is 0.0651. The Kier molecular flexibility index (Phi) is 7.87. The van der Waals surface area contributed by atoms with Crippen LogP contribution in [0.4, 0.5) is 0 Å². The van der Waals surface area contributed by atoms with Crippen molar-refractivity contribution in [3.63, 3.8) is 0 Å². The molecule has 1 fully saturated rings. The number of nitrogens with two attached hydrogens (primary N) is 1. The lowest BCUT2D eigenvalue weighted by Crippen LogP contribution is -2.44. The molecule has 1 saturated heterocycles. The number of ether oxygens (including phenoxy) is 1. The smallest absolute Gasteiger partial charge is 0.323 e.